The predicted molar refractivity (Wildman–Crippen MR) is 87.8 cm³/mol. The zero-order chi connectivity index (χ0) is 15.7. The average Bonchev–Trinajstić information content (AvgIpc) is 2.99. The van der Waals surface area contributed by atoms with Crippen molar-refractivity contribution in [3.63, 3.8) is 0 Å². The smallest absolute Gasteiger partial charge is 0.265 e. The normalized spacial score (nSPS) is 10.6. The van der Waals surface area contributed by atoms with E-state index in [9.17, 15) is 9.59 Å². The van der Waals surface area contributed by atoms with E-state index < -0.39 is 0 Å². The van der Waals surface area contributed by atoms with Crippen LogP contribution in [0.4, 0.5) is 0 Å². The number of nitrogens with zero attached hydrogens (tertiary/aromatic N) is 1. The van der Waals surface area contributed by atoms with Crippen molar-refractivity contribution < 1.29 is 4.79 Å². The summed E-state index contributed by atoms with van der Waals surface area (Å²) in [6.45, 7) is 1.53. The quantitative estimate of drug-likeness (QED) is 0.705. The largest absolute Gasteiger partial charge is 0.361 e. The van der Waals surface area contributed by atoms with Gasteiger partial charge in [0.15, 0.2) is 5.78 Å². The Labute approximate surface area is 134 Å². The van der Waals surface area contributed by atoms with Crippen LogP contribution in [0.2, 0.25) is 0 Å². The Morgan fingerprint density at radius 1 is 1.18 bits per heavy atom. The predicted octanol–water partition coefficient (Wildman–Crippen LogP) is 3.40. The van der Waals surface area contributed by atoms with Crippen molar-refractivity contribution in [2.75, 3.05) is 0 Å². The molecule has 110 valence electrons. The number of nitrogens with one attached hydrogen (secondary N) is 2. The fourth-order valence-corrected chi connectivity index (χ4v) is 2.39. The molecule has 0 aliphatic heterocycles. The van der Waals surface area contributed by atoms with Gasteiger partial charge in [-0.15, -0.1) is 0 Å². The summed E-state index contributed by atoms with van der Waals surface area (Å²) in [5, 5.41) is 0. The Bertz CT molecular complexity index is 894. The van der Waals surface area contributed by atoms with Crippen molar-refractivity contribution in [3.8, 4) is 22.6 Å². The summed E-state index contributed by atoms with van der Waals surface area (Å²) >= 11 is 3.13. The third kappa shape index (κ3) is 2.65. The van der Waals surface area contributed by atoms with Crippen LogP contribution in [0.5, 0.6) is 0 Å². The molecule has 22 heavy (non-hydrogen) atoms. The lowest BCUT2D eigenvalue weighted by Crippen LogP contribution is -2.08. The molecular weight excluding hydrogens is 346 g/mol. The molecule has 2 aromatic heterocycles. The second-order valence-electron chi connectivity index (χ2n) is 4.81. The van der Waals surface area contributed by atoms with Crippen LogP contribution in [0.25, 0.3) is 22.6 Å². The highest BCUT2D eigenvalue weighted by molar-refractivity contribution is 9.10. The average molecular weight is 358 g/mol. The third-order valence-corrected chi connectivity index (χ3v) is 3.90. The zero-order valence-electron chi connectivity index (χ0n) is 11.7. The number of rotatable bonds is 3. The highest BCUT2D eigenvalue weighted by Crippen LogP contribution is 2.28. The van der Waals surface area contributed by atoms with Crippen molar-refractivity contribution in [3.05, 3.63) is 63.1 Å². The molecule has 0 aliphatic rings. The molecule has 3 aromatic rings. The van der Waals surface area contributed by atoms with Crippen molar-refractivity contribution in [1.82, 2.24) is 15.0 Å². The van der Waals surface area contributed by atoms with Crippen LogP contribution in [-0.4, -0.2) is 20.7 Å². The Kier molecular flexibility index (Phi) is 3.77. The van der Waals surface area contributed by atoms with Crippen LogP contribution < -0.4 is 5.56 Å². The number of benzene rings is 1. The number of H-pyrrole nitrogens is 2. The zero-order valence-corrected chi connectivity index (χ0v) is 13.3. The van der Waals surface area contributed by atoms with Gasteiger partial charge < -0.3 is 9.97 Å². The van der Waals surface area contributed by atoms with Gasteiger partial charge in [0.1, 0.15) is 10.3 Å². The Balaban J connectivity index is 2.06. The summed E-state index contributed by atoms with van der Waals surface area (Å²) in [6.07, 6.45) is 3.26. The summed E-state index contributed by atoms with van der Waals surface area (Å²) in [6, 6.07) is 9.13. The summed E-state index contributed by atoms with van der Waals surface area (Å²) in [5.74, 6) is 0.511. The van der Waals surface area contributed by atoms with Gasteiger partial charge in [-0.2, -0.15) is 0 Å². The van der Waals surface area contributed by atoms with E-state index in [1.54, 1.807) is 18.3 Å². The van der Waals surface area contributed by atoms with E-state index in [0.717, 1.165) is 16.8 Å². The first-order chi connectivity index (χ1) is 10.6. The maximum atomic E-state index is 11.7. The van der Waals surface area contributed by atoms with Crippen LogP contribution in [0.1, 0.15) is 17.3 Å². The molecule has 0 bridgehead atoms. The highest BCUT2D eigenvalue weighted by atomic mass is 79.9. The van der Waals surface area contributed by atoms with Crippen LogP contribution >= 0.6 is 15.9 Å². The Morgan fingerprint density at radius 2 is 1.91 bits per heavy atom. The third-order valence-electron chi connectivity index (χ3n) is 3.34. The van der Waals surface area contributed by atoms with E-state index >= 15 is 0 Å². The minimum absolute atomic E-state index is 0.0252. The monoisotopic (exact) mass is 357 g/mol. The number of aromatic amines is 2. The van der Waals surface area contributed by atoms with Gasteiger partial charge in [0, 0.05) is 23.5 Å². The number of ketones is 1. The summed E-state index contributed by atoms with van der Waals surface area (Å²) in [4.78, 5) is 33.2. The van der Waals surface area contributed by atoms with Crippen LogP contribution in [0, 0.1) is 0 Å². The molecule has 2 heterocycles. The number of carbonyl (C=O) groups excluding carboxylic acids is 1. The van der Waals surface area contributed by atoms with Gasteiger partial charge in [-0.25, -0.2) is 4.98 Å². The molecule has 3 rings (SSSR count). The first-order valence-electron chi connectivity index (χ1n) is 6.60. The van der Waals surface area contributed by atoms with Crippen LogP contribution in [-0.2, 0) is 0 Å². The number of aromatic nitrogens is 3. The van der Waals surface area contributed by atoms with Gasteiger partial charge in [0.05, 0.1) is 5.69 Å². The first-order valence-corrected chi connectivity index (χ1v) is 7.39. The molecule has 0 saturated heterocycles. The summed E-state index contributed by atoms with van der Waals surface area (Å²) in [5.41, 5.74) is 2.97. The van der Waals surface area contributed by atoms with Crippen molar-refractivity contribution in [2.24, 2.45) is 0 Å². The Hall–Kier alpha value is -2.47. The number of hydrogen-bond acceptors (Lipinski definition) is 3. The molecule has 0 amide bonds. The van der Waals surface area contributed by atoms with Gasteiger partial charge in [-0.05, 0) is 34.5 Å². The lowest BCUT2D eigenvalue weighted by molar-refractivity contribution is 0.101. The first kappa shape index (κ1) is 14.5. The van der Waals surface area contributed by atoms with Gasteiger partial charge in [-0.3, -0.25) is 9.59 Å². The summed E-state index contributed by atoms with van der Waals surface area (Å²) < 4.78 is 0.388. The van der Waals surface area contributed by atoms with Crippen LogP contribution in [0.15, 0.2) is 52.0 Å². The molecule has 5 nitrogen and oxygen atoms in total. The number of Topliss-reactive ketones (excluding diaryl/α,β-unsaturated/α-hetero) is 1. The lowest BCUT2D eigenvalue weighted by Gasteiger charge is -2.05. The highest BCUT2D eigenvalue weighted by Gasteiger charge is 2.12. The molecule has 6 heteroatoms. The molecule has 0 fully saturated rings. The standard InChI is InChI=1S/C16H12BrN3O2/c1-9(21)10-2-4-11(5-3-10)14-12(6-7-18-14)15-19-8-13(17)16(22)20-15/h2-8,18H,1H3,(H,19,20,22). The van der Waals surface area contributed by atoms with Gasteiger partial charge >= 0.3 is 0 Å². The maximum absolute atomic E-state index is 11.7. The molecule has 0 aliphatic carbocycles. The molecule has 2 N–H and O–H groups in total. The fraction of sp³-hybridized carbons (Fsp3) is 0.0625. The van der Waals surface area contributed by atoms with Gasteiger partial charge in [0.2, 0.25) is 0 Å². The molecule has 0 atom stereocenters. The van der Waals surface area contributed by atoms with Crippen molar-refractivity contribution in [1.29, 1.82) is 0 Å². The SMILES string of the molecule is CC(=O)c1ccc(-c2[nH]ccc2-c2ncc(Br)c(=O)[nH]2)cc1. The molecule has 0 spiro atoms. The van der Waals surface area contributed by atoms with Crippen LogP contribution in [0.3, 0.4) is 0 Å². The molecule has 0 saturated carbocycles. The number of hydrogen-bond donors (Lipinski definition) is 2. The fourth-order valence-electron chi connectivity index (χ4n) is 2.19. The molecule has 0 unspecified atom stereocenters. The summed E-state index contributed by atoms with van der Waals surface area (Å²) in [7, 11) is 0. The topological polar surface area (TPSA) is 78.6 Å². The second kappa shape index (κ2) is 5.73. The number of carbonyl (C=O) groups is 1. The maximum Gasteiger partial charge on any atom is 0.265 e. The van der Waals surface area contributed by atoms with E-state index in [0.29, 0.717) is 15.9 Å². The van der Waals surface area contributed by atoms with Crippen molar-refractivity contribution in [2.45, 2.75) is 6.92 Å². The molecule has 0 radical (unpaired) electrons. The minimum atomic E-state index is -0.232. The Morgan fingerprint density at radius 3 is 2.55 bits per heavy atom. The van der Waals surface area contributed by atoms with E-state index in [4.69, 9.17) is 0 Å². The lowest BCUT2D eigenvalue weighted by atomic mass is 10.0. The van der Waals surface area contributed by atoms with E-state index in [-0.39, 0.29) is 11.3 Å². The molecule has 1 aromatic carbocycles. The molecular formula is C16H12BrN3O2. The van der Waals surface area contributed by atoms with E-state index in [2.05, 4.69) is 30.9 Å². The van der Waals surface area contributed by atoms with Gasteiger partial charge in [0.25, 0.3) is 5.56 Å². The van der Waals surface area contributed by atoms with Crippen molar-refractivity contribution >= 4 is 21.7 Å². The van der Waals surface area contributed by atoms with E-state index in [1.807, 2.05) is 18.2 Å². The second-order valence-corrected chi connectivity index (χ2v) is 5.66. The minimum Gasteiger partial charge on any atom is -0.361 e. The van der Waals surface area contributed by atoms with Gasteiger partial charge in [-0.1, -0.05) is 24.3 Å². The number of halogens is 1. The van der Waals surface area contributed by atoms with E-state index in [1.165, 1.54) is 13.1 Å².